The van der Waals surface area contributed by atoms with Crippen LogP contribution in [0.1, 0.15) is 32.8 Å². The van der Waals surface area contributed by atoms with Crippen molar-refractivity contribution in [2.45, 2.75) is 34.1 Å². The number of nitrogens with one attached hydrogen (secondary N) is 1. The summed E-state index contributed by atoms with van der Waals surface area (Å²) in [5, 5.41) is 2.82. The van der Waals surface area contributed by atoms with Crippen molar-refractivity contribution >= 4 is 17.6 Å². The number of hydrogen-bond acceptors (Lipinski definition) is 2. The fraction of sp³-hybridized carbons (Fsp3) is 0.500. The van der Waals surface area contributed by atoms with Gasteiger partial charge in [-0.2, -0.15) is 0 Å². The molecule has 1 fully saturated rings. The van der Waals surface area contributed by atoms with Gasteiger partial charge in [0.25, 0.3) is 0 Å². The number of benzene rings is 1. The average Bonchev–Trinajstić information content (AvgIpc) is 2.32. The number of anilines is 1. The lowest BCUT2D eigenvalue weighted by molar-refractivity contribution is -0.123. The fourth-order valence-electron chi connectivity index (χ4n) is 2.57. The lowest BCUT2D eigenvalue weighted by atomic mass is 9.83. The normalized spacial score (nSPS) is 20.0. The van der Waals surface area contributed by atoms with Crippen LogP contribution in [-0.4, -0.2) is 18.5 Å². The topological polar surface area (TPSA) is 49.4 Å². The Labute approximate surface area is 120 Å². The van der Waals surface area contributed by atoms with E-state index in [1.54, 1.807) is 6.07 Å². The van der Waals surface area contributed by atoms with Crippen LogP contribution in [0, 0.1) is 18.3 Å². The largest absolute Gasteiger partial charge is 0.337 e. The molecule has 0 radical (unpaired) electrons. The summed E-state index contributed by atoms with van der Waals surface area (Å²) >= 11 is 0. The molecular weight excluding hydrogens is 252 g/mol. The van der Waals surface area contributed by atoms with Gasteiger partial charge >= 0.3 is 6.03 Å². The van der Waals surface area contributed by atoms with E-state index >= 15 is 0 Å². The molecule has 20 heavy (non-hydrogen) atoms. The zero-order valence-electron chi connectivity index (χ0n) is 12.6. The molecule has 0 spiro atoms. The Kier molecular flexibility index (Phi) is 3.84. The Morgan fingerprint density at radius 1 is 1.30 bits per heavy atom. The van der Waals surface area contributed by atoms with E-state index in [4.69, 9.17) is 0 Å². The van der Waals surface area contributed by atoms with Gasteiger partial charge < -0.3 is 5.32 Å². The van der Waals surface area contributed by atoms with Crippen LogP contribution in [0.5, 0.6) is 0 Å². The second-order valence-corrected chi connectivity index (χ2v) is 6.66. The van der Waals surface area contributed by atoms with Gasteiger partial charge in [0.05, 0.1) is 11.6 Å². The maximum atomic E-state index is 12.6. The Balaban J connectivity index is 2.27. The number of hydrogen-bond donors (Lipinski definition) is 1. The molecule has 0 bridgehead atoms. The highest BCUT2D eigenvalue weighted by Crippen LogP contribution is 2.29. The molecular formula is C16H22N2O2. The summed E-state index contributed by atoms with van der Waals surface area (Å²) < 4.78 is 0. The molecule has 4 heteroatoms. The molecule has 108 valence electrons. The molecule has 1 aliphatic rings. The van der Waals surface area contributed by atoms with Crippen LogP contribution in [0.15, 0.2) is 24.3 Å². The van der Waals surface area contributed by atoms with E-state index in [-0.39, 0.29) is 23.3 Å². The lowest BCUT2D eigenvalue weighted by Gasteiger charge is -2.34. The smallest absolute Gasteiger partial charge is 0.328 e. The molecule has 3 amide bonds. The maximum Gasteiger partial charge on any atom is 0.328 e. The zero-order valence-corrected chi connectivity index (χ0v) is 12.6. The molecule has 1 saturated heterocycles. The van der Waals surface area contributed by atoms with Crippen molar-refractivity contribution in [3.8, 4) is 0 Å². The Morgan fingerprint density at radius 2 is 2.00 bits per heavy atom. The second kappa shape index (κ2) is 5.27. The molecule has 1 atom stereocenters. The average molecular weight is 274 g/mol. The van der Waals surface area contributed by atoms with Crippen molar-refractivity contribution in [2.24, 2.45) is 11.3 Å². The number of amides is 3. The molecule has 1 N–H and O–H groups in total. The van der Waals surface area contributed by atoms with Gasteiger partial charge in [0.2, 0.25) is 5.91 Å². The van der Waals surface area contributed by atoms with Gasteiger partial charge in [-0.05, 0) is 36.5 Å². The molecule has 2 rings (SSSR count). The Hall–Kier alpha value is -1.84. The monoisotopic (exact) mass is 274 g/mol. The van der Waals surface area contributed by atoms with E-state index < -0.39 is 0 Å². The van der Waals surface area contributed by atoms with Gasteiger partial charge in [-0.15, -0.1) is 0 Å². The number of rotatable bonds is 2. The van der Waals surface area contributed by atoms with Crippen LogP contribution in [0.2, 0.25) is 0 Å². The molecule has 1 aromatic carbocycles. The van der Waals surface area contributed by atoms with Crippen LogP contribution in [0.4, 0.5) is 10.5 Å². The van der Waals surface area contributed by atoms with Gasteiger partial charge in [0, 0.05) is 6.54 Å². The van der Waals surface area contributed by atoms with Gasteiger partial charge in [0.15, 0.2) is 0 Å². The third kappa shape index (κ3) is 3.18. The van der Waals surface area contributed by atoms with Gasteiger partial charge in [0.1, 0.15) is 0 Å². The van der Waals surface area contributed by atoms with E-state index in [0.29, 0.717) is 12.2 Å². The van der Waals surface area contributed by atoms with Crippen LogP contribution >= 0.6 is 0 Å². The third-order valence-corrected chi connectivity index (χ3v) is 3.39. The van der Waals surface area contributed by atoms with E-state index in [1.807, 2.05) is 25.1 Å². The number of carbonyl (C=O) groups is 2. The molecule has 0 aromatic heterocycles. The van der Waals surface area contributed by atoms with E-state index in [0.717, 1.165) is 12.0 Å². The van der Waals surface area contributed by atoms with Crippen LogP contribution in [-0.2, 0) is 4.79 Å². The predicted molar refractivity (Wildman–Crippen MR) is 79.6 cm³/mol. The summed E-state index contributed by atoms with van der Waals surface area (Å²) in [6.07, 6.45) is 0.758. The predicted octanol–water partition coefficient (Wildman–Crippen LogP) is 3.10. The van der Waals surface area contributed by atoms with E-state index in [2.05, 4.69) is 26.1 Å². The number of carbonyl (C=O) groups excluding carboxylic acids is 2. The summed E-state index contributed by atoms with van der Waals surface area (Å²) in [5.41, 5.74) is 1.73. The van der Waals surface area contributed by atoms with E-state index in [9.17, 15) is 9.59 Å². The highest BCUT2D eigenvalue weighted by Gasteiger charge is 2.37. The summed E-state index contributed by atoms with van der Waals surface area (Å²) in [4.78, 5) is 25.9. The van der Waals surface area contributed by atoms with Crippen LogP contribution in [0.3, 0.4) is 0 Å². The molecule has 0 aliphatic carbocycles. The fourth-order valence-corrected chi connectivity index (χ4v) is 2.57. The minimum absolute atomic E-state index is 0.0562. The highest BCUT2D eigenvalue weighted by atomic mass is 16.2. The molecule has 1 aliphatic heterocycles. The van der Waals surface area contributed by atoms with Crippen LogP contribution in [0.25, 0.3) is 0 Å². The van der Waals surface area contributed by atoms with Crippen molar-refractivity contribution in [3.63, 3.8) is 0 Å². The molecule has 1 heterocycles. The first-order valence-corrected chi connectivity index (χ1v) is 6.96. The summed E-state index contributed by atoms with van der Waals surface area (Å²) in [5.74, 6) is -0.262. The van der Waals surface area contributed by atoms with Crippen molar-refractivity contribution < 1.29 is 9.59 Å². The second-order valence-electron chi connectivity index (χ2n) is 6.66. The summed E-state index contributed by atoms with van der Waals surface area (Å²) in [6, 6.07) is 7.13. The minimum atomic E-state index is -0.328. The number of aryl methyl sites for hydroxylation is 1. The Morgan fingerprint density at radius 3 is 2.60 bits per heavy atom. The summed E-state index contributed by atoms with van der Waals surface area (Å²) in [6.45, 7) is 8.69. The lowest BCUT2D eigenvalue weighted by Crippen LogP contribution is -2.55. The molecule has 1 aromatic rings. The zero-order chi connectivity index (χ0) is 14.9. The quantitative estimate of drug-likeness (QED) is 0.901. The van der Waals surface area contributed by atoms with Crippen molar-refractivity contribution in [1.82, 2.24) is 5.32 Å². The highest BCUT2D eigenvalue weighted by molar-refractivity contribution is 6.16. The maximum absolute atomic E-state index is 12.6. The minimum Gasteiger partial charge on any atom is -0.337 e. The summed E-state index contributed by atoms with van der Waals surface area (Å²) in [7, 11) is 0. The standard InChI is InChI=1S/C16H22N2O2/c1-11-6-5-7-13(8-11)18-14(19)12(9-16(2,3)4)10-17-15(18)20/h5-8,12H,9-10H2,1-4H3,(H,17,20). The molecule has 4 nitrogen and oxygen atoms in total. The van der Waals surface area contributed by atoms with Gasteiger partial charge in [-0.1, -0.05) is 32.9 Å². The number of imide groups is 1. The van der Waals surface area contributed by atoms with Gasteiger partial charge in [-0.3, -0.25) is 4.79 Å². The third-order valence-electron chi connectivity index (χ3n) is 3.39. The Bertz CT molecular complexity index is 532. The first-order chi connectivity index (χ1) is 9.28. The molecule has 0 saturated carbocycles. The van der Waals surface area contributed by atoms with Gasteiger partial charge in [-0.25, -0.2) is 9.69 Å². The number of urea groups is 1. The van der Waals surface area contributed by atoms with Crippen molar-refractivity contribution in [3.05, 3.63) is 29.8 Å². The van der Waals surface area contributed by atoms with E-state index in [1.165, 1.54) is 4.90 Å². The van der Waals surface area contributed by atoms with Crippen molar-refractivity contribution in [1.29, 1.82) is 0 Å². The number of nitrogens with zero attached hydrogens (tertiary/aromatic N) is 1. The molecule has 1 unspecified atom stereocenters. The first-order valence-electron chi connectivity index (χ1n) is 6.96. The van der Waals surface area contributed by atoms with Crippen LogP contribution < -0.4 is 10.2 Å². The van der Waals surface area contributed by atoms with Crippen molar-refractivity contribution in [2.75, 3.05) is 11.4 Å². The first kappa shape index (κ1) is 14.6. The SMILES string of the molecule is Cc1cccc(N2C(=O)NCC(CC(C)(C)C)C2=O)c1.